The Hall–Kier alpha value is -1.81. The summed E-state index contributed by atoms with van der Waals surface area (Å²) in [5.41, 5.74) is 1.63. The standard InChI is InChI=1S/C15H14FNOS/c1-11-5-2-3-8-14(11)19-10-15(18)17-13-7-4-6-12(16)9-13/h2-9H,10H2,1H3,(H,17,18). The van der Waals surface area contributed by atoms with Crippen LogP contribution in [-0.4, -0.2) is 11.7 Å². The molecule has 0 bridgehead atoms. The van der Waals surface area contributed by atoms with Gasteiger partial charge in [0.15, 0.2) is 0 Å². The zero-order valence-electron chi connectivity index (χ0n) is 10.5. The van der Waals surface area contributed by atoms with E-state index in [0.29, 0.717) is 11.4 Å². The summed E-state index contributed by atoms with van der Waals surface area (Å²) in [6.45, 7) is 2.01. The van der Waals surface area contributed by atoms with Crippen molar-refractivity contribution in [1.82, 2.24) is 0 Å². The van der Waals surface area contributed by atoms with Gasteiger partial charge < -0.3 is 5.32 Å². The van der Waals surface area contributed by atoms with Gasteiger partial charge in [-0.3, -0.25) is 4.79 Å². The summed E-state index contributed by atoms with van der Waals surface area (Å²) in [6, 6.07) is 13.8. The Kier molecular flexibility index (Phi) is 4.58. The smallest absolute Gasteiger partial charge is 0.234 e. The van der Waals surface area contributed by atoms with Crippen molar-refractivity contribution in [2.75, 3.05) is 11.1 Å². The maximum atomic E-state index is 13.0. The van der Waals surface area contributed by atoms with Crippen molar-refractivity contribution in [3.8, 4) is 0 Å². The molecule has 98 valence electrons. The van der Waals surface area contributed by atoms with Crippen LogP contribution >= 0.6 is 11.8 Å². The molecule has 1 amide bonds. The third-order valence-electron chi connectivity index (χ3n) is 2.56. The third kappa shape index (κ3) is 4.10. The minimum absolute atomic E-state index is 0.140. The first-order valence-corrected chi connectivity index (χ1v) is 6.87. The molecule has 2 nitrogen and oxygen atoms in total. The van der Waals surface area contributed by atoms with Crippen LogP contribution in [0.15, 0.2) is 53.4 Å². The van der Waals surface area contributed by atoms with E-state index in [0.717, 1.165) is 10.5 Å². The number of aryl methyl sites for hydroxylation is 1. The maximum absolute atomic E-state index is 13.0. The van der Waals surface area contributed by atoms with Crippen LogP contribution in [0.3, 0.4) is 0 Å². The number of carbonyl (C=O) groups is 1. The first-order valence-electron chi connectivity index (χ1n) is 5.89. The number of hydrogen-bond donors (Lipinski definition) is 1. The molecule has 0 heterocycles. The van der Waals surface area contributed by atoms with Gasteiger partial charge in [-0.05, 0) is 36.8 Å². The quantitative estimate of drug-likeness (QED) is 0.858. The fourth-order valence-electron chi connectivity index (χ4n) is 1.62. The molecule has 0 saturated heterocycles. The molecule has 0 saturated carbocycles. The van der Waals surface area contributed by atoms with E-state index in [9.17, 15) is 9.18 Å². The second-order valence-corrected chi connectivity index (χ2v) is 5.13. The van der Waals surface area contributed by atoms with Crippen LogP contribution in [0.5, 0.6) is 0 Å². The van der Waals surface area contributed by atoms with Crippen molar-refractivity contribution in [3.05, 3.63) is 59.9 Å². The third-order valence-corrected chi connectivity index (χ3v) is 3.74. The van der Waals surface area contributed by atoms with Gasteiger partial charge in [0, 0.05) is 10.6 Å². The van der Waals surface area contributed by atoms with E-state index in [2.05, 4.69) is 5.32 Å². The Labute approximate surface area is 116 Å². The van der Waals surface area contributed by atoms with E-state index in [4.69, 9.17) is 0 Å². The largest absolute Gasteiger partial charge is 0.325 e. The highest BCUT2D eigenvalue weighted by atomic mass is 32.2. The second kappa shape index (κ2) is 6.38. The molecule has 0 spiro atoms. The number of amides is 1. The van der Waals surface area contributed by atoms with Crippen molar-refractivity contribution in [3.63, 3.8) is 0 Å². The number of anilines is 1. The monoisotopic (exact) mass is 275 g/mol. The number of rotatable bonds is 4. The van der Waals surface area contributed by atoms with Gasteiger partial charge in [0.05, 0.1) is 5.75 Å². The Bertz CT molecular complexity index is 586. The molecule has 0 aromatic heterocycles. The Morgan fingerprint density at radius 1 is 1.21 bits per heavy atom. The molecular formula is C15H14FNOS. The summed E-state index contributed by atoms with van der Waals surface area (Å²) < 4.78 is 13.0. The van der Waals surface area contributed by atoms with Gasteiger partial charge in [0.25, 0.3) is 0 Å². The van der Waals surface area contributed by atoms with Crippen LogP contribution in [0.2, 0.25) is 0 Å². The van der Waals surface area contributed by atoms with E-state index < -0.39 is 0 Å². The summed E-state index contributed by atoms with van der Waals surface area (Å²) in [5.74, 6) is -0.190. The summed E-state index contributed by atoms with van der Waals surface area (Å²) in [4.78, 5) is 12.8. The fourth-order valence-corrected chi connectivity index (χ4v) is 2.45. The van der Waals surface area contributed by atoms with Gasteiger partial charge in [0.2, 0.25) is 5.91 Å². The summed E-state index contributed by atoms with van der Waals surface area (Å²) in [6.07, 6.45) is 0. The van der Waals surface area contributed by atoms with E-state index in [1.165, 1.54) is 23.9 Å². The molecule has 19 heavy (non-hydrogen) atoms. The van der Waals surface area contributed by atoms with E-state index in [1.54, 1.807) is 12.1 Å². The molecule has 1 N–H and O–H groups in total. The van der Waals surface area contributed by atoms with Gasteiger partial charge in [-0.1, -0.05) is 24.3 Å². The van der Waals surface area contributed by atoms with Crippen LogP contribution in [0.1, 0.15) is 5.56 Å². The summed E-state index contributed by atoms with van der Waals surface area (Å²) >= 11 is 1.47. The van der Waals surface area contributed by atoms with Crippen molar-refractivity contribution < 1.29 is 9.18 Å². The molecule has 2 aromatic rings. The number of thioether (sulfide) groups is 1. The fraction of sp³-hybridized carbons (Fsp3) is 0.133. The van der Waals surface area contributed by atoms with E-state index in [1.807, 2.05) is 31.2 Å². The molecule has 0 unspecified atom stereocenters. The molecule has 0 radical (unpaired) electrons. The van der Waals surface area contributed by atoms with Crippen LogP contribution in [0.4, 0.5) is 10.1 Å². The van der Waals surface area contributed by atoms with Crippen LogP contribution in [0.25, 0.3) is 0 Å². The Morgan fingerprint density at radius 3 is 2.74 bits per heavy atom. The number of nitrogens with one attached hydrogen (secondary N) is 1. The first kappa shape index (κ1) is 13.6. The SMILES string of the molecule is Cc1ccccc1SCC(=O)Nc1cccc(F)c1. The second-order valence-electron chi connectivity index (χ2n) is 4.11. The average molecular weight is 275 g/mol. The number of halogens is 1. The lowest BCUT2D eigenvalue weighted by molar-refractivity contribution is -0.113. The minimum atomic E-state index is -0.357. The maximum Gasteiger partial charge on any atom is 0.234 e. The average Bonchev–Trinajstić information content (AvgIpc) is 2.38. The van der Waals surface area contributed by atoms with Gasteiger partial charge in [-0.2, -0.15) is 0 Å². The highest BCUT2D eigenvalue weighted by Crippen LogP contribution is 2.21. The Morgan fingerprint density at radius 2 is 2.00 bits per heavy atom. The molecule has 0 fully saturated rings. The van der Waals surface area contributed by atoms with Gasteiger partial charge in [0.1, 0.15) is 5.82 Å². The zero-order valence-corrected chi connectivity index (χ0v) is 11.3. The minimum Gasteiger partial charge on any atom is -0.325 e. The number of benzene rings is 2. The predicted molar refractivity (Wildman–Crippen MR) is 76.9 cm³/mol. The van der Waals surface area contributed by atoms with Crippen molar-refractivity contribution >= 4 is 23.4 Å². The lowest BCUT2D eigenvalue weighted by Crippen LogP contribution is -2.14. The van der Waals surface area contributed by atoms with E-state index in [-0.39, 0.29) is 11.7 Å². The predicted octanol–water partition coefficient (Wildman–Crippen LogP) is 3.86. The number of hydrogen-bond acceptors (Lipinski definition) is 2. The van der Waals surface area contributed by atoms with Gasteiger partial charge in [-0.25, -0.2) is 4.39 Å². The molecule has 2 aromatic carbocycles. The van der Waals surface area contributed by atoms with E-state index >= 15 is 0 Å². The van der Waals surface area contributed by atoms with Gasteiger partial charge in [-0.15, -0.1) is 11.8 Å². The highest BCUT2D eigenvalue weighted by molar-refractivity contribution is 8.00. The molecule has 0 aliphatic heterocycles. The molecular weight excluding hydrogens is 261 g/mol. The van der Waals surface area contributed by atoms with Crippen molar-refractivity contribution in [1.29, 1.82) is 0 Å². The van der Waals surface area contributed by atoms with Crippen LogP contribution < -0.4 is 5.32 Å². The lowest BCUT2D eigenvalue weighted by Gasteiger charge is -2.06. The molecule has 4 heteroatoms. The summed E-state index contributed by atoms with van der Waals surface area (Å²) in [7, 11) is 0. The Balaban J connectivity index is 1.90. The van der Waals surface area contributed by atoms with Gasteiger partial charge >= 0.3 is 0 Å². The molecule has 2 rings (SSSR count). The zero-order chi connectivity index (χ0) is 13.7. The highest BCUT2D eigenvalue weighted by Gasteiger charge is 2.05. The van der Waals surface area contributed by atoms with Crippen molar-refractivity contribution in [2.45, 2.75) is 11.8 Å². The van der Waals surface area contributed by atoms with Crippen LogP contribution in [-0.2, 0) is 4.79 Å². The van der Waals surface area contributed by atoms with Crippen molar-refractivity contribution in [2.24, 2.45) is 0 Å². The lowest BCUT2D eigenvalue weighted by atomic mass is 10.2. The molecule has 0 aliphatic rings. The topological polar surface area (TPSA) is 29.1 Å². The molecule has 0 aliphatic carbocycles. The normalized spacial score (nSPS) is 10.2. The summed E-state index contributed by atoms with van der Waals surface area (Å²) in [5, 5.41) is 2.67. The first-order chi connectivity index (χ1) is 9.15. The molecule has 0 atom stereocenters. The number of carbonyl (C=O) groups excluding carboxylic acids is 1. The van der Waals surface area contributed by atoms with Crippen LogP contribution in [0, 0.1) is 12.7 Å².